The van der Waals surface area contributed by atoms with Crippen molar-refractivity contribution in [1.29, 1.82) is 0 Å². The number of quaternary nitrogens is 1. The highest BCUT2D eigenvalue weighted by atomic mass is 32.1. The number of hydrogen-bond donors (Lipinski definition) is 0. The minimum Gasteiger partial charge on any atom is -0.491 e. The summed E-state index contributed by atoms with van der Waals surface area (Å²) in [6.45, 7) is 3.97. The Bertz CT molecular complexity index is 1070. The Kier molecular flexibility index (Phi) is 4.07. The Morgan fingerprint density at radius 1 is 1.21 bits per heavy atom. The largest absolute Gasteiger partial charge is 0.491 e. The fourth-order valence-electron chi connectivity index (χ4n) is 3.64. The first-order valence-electron chi connectivity index (χ1n) is 9.57. The third kappa shape index (κ3) is 3.12. The average molecular weight is 392 g/mol. The fourth-order valence-corrected chi connectivity index (χ4v) is 4.67. The van der Waals surface area contributed by atoms with Crippen LogP contribution in [0.2, 0.25) is 0 Å². The third-order valence-corrected chi connectivity index (χ3v) is 6.77. The summed E-state index contributed by atoms with van der Waals surface area (Å²) in [4.78, 5) is 15.1. The van der Waals surface area contributed by atoms with Crippen molar-refractivity contribution in [2.24, 2.45) is 0 Å². The van der Waals surface area contributed by atoms with Crippen LogP contribution in [0.15, 0.2) is 42.7 Å². The average Bonchev–Trinajstić information content (AvgIpc) is 3.11. The molecule has 28 heavy (non-hydrogen) atoms. The Labute approximate surface area is 169 Å². The van der Waals surface area contributed by atoms with Gasteiger partial charge in [0.1, 0.15) is 23.0 Å². The highest BCUT2D eigenvalue weighted by Crippen LogP contribution is 2.39. The molecule has 0 spiro atoms. The number of nitrogens with zero attached hydrogens (tertiary/aromatic N) is 4. The number of aromatic nitrogens is 3. The van der Waals surface area contributed by atoms with Gasteiger partial charge in [0.05, 0.1) is 37.0 Å². The van der Waals surface area contributed by atoms with Gasteiger partial charge >= 0.3 is 0 Å². The van der Waals surface area contributed by atoms with E-state index in [1.165, 1.54) is 12.1 Å². The molecule has 2 aliphatic rings. The molecule has 5 rings (SSSR count). The molecule has 0 aliphatic carbocycles. The van der Waals surface area contributed by atoms with E-state index >= 15 is 0 Å². The molecule has 6 heteroatoms. The maximum Gasteiger partial charge on any atom is 0.158 e. The number of pyridine rings is 2. The molecule has 0 radical (unpaired) electrons. The summed E-state index contributed by atoms with van der Waals surface area (Å²) in [5.74, 6) is 0.891. The smallest absolute Gasteiger partial charge is 0.158 e. The molecule has 0 N–H and O–H groups in total. The molecule has 0 bridgehead atoms. The van der Waals surface area contributed by atoms with E-state index in [-0.39, 0.29) is 0 Å². The summed E-state index contributed by atoms with van der Waals surface area (Å²) in [6.07, 6.45) is 6.96. The predicted molar refractivity (Wildman–Crippen MR) is 112 cm³/mol. The van der Waals surface area contributed by atoms with Crippen molar-refractivity contribution in [3.05, 3.63) is 54.1 Å². The van der Waals surface area contributed by atoms with E-state index in [1.54, 1.807) is 17.5 Å². The molecular weight excluding hydrogens is 368 g/mol. The standard InChI is InChI=1S/C22H23N4OS/c1-14-21(28-22(24-14)16-5-4-9-23-12-16)18-6-7-19-20(25-18)15(8-10-27-19)11-17-13-26(17,2)3/h4-7,9,11-12,17H,8,10,13H2,1-3H3/q+1. The van der Waals surface area contributed by atoms with Gasteiger partial charge < -0.3 is 9.22 Å². The van der Waals surface area contributed by atoms with Gasteiger partial charge in [0.25, 0.3) is 0 Å². The van der Waals surface area contributed by atoms with Crippen LogP contribution in [0.25, 0.3) is 26.7 Å². The summed E-state index contributed by atoms with van der Waals surface area (Å²) in [6, 6.07) is 8.68. The van der Waals surface area contributed by atoms with Gasteiger partial charge in [-0.15, -0.1) is 11.3 Å². The van der Waals surface area contributed by atoms with Crippen LogP contribution < -0.4 is 4.74 Å². The van der Waals surface area contributed by atoms with Crippen LogP contribution in [0.5, 0.6) is 5.75 Å². The van der Waals surface area contributed by atoms with Gasteiger partial charge in [-0.05, 0) is 42.8 Å². The number of hydrogen-bond acceptors (Lipinski definition) is 5. The van der Waals surface area contributed by atoms with Gasteiger partial charge in [0.15, 0.2) is 6.04 Å². The van der Waals surface area contributed by atoms with E-state index in [0.717, 1.165) is 55.8 Å². The second-order valence-electron chi connectivity index (χ2n) is 8.04. The van der Waals surface area contributed by atoms with E-state index in [0.29, 0.717) is 6.04 Å². The van der Waals surface area contributed by atoms with Crippen LogP contribution in [0.1, 0.15) is 17.8 Å². The number of thiazole rings is 1. The van der Waals surface area contributed by atoms with Crippen LogP contribution in [-0.2, 0) is 0 Å². The van der Waals surface area contributed by atoms with Crippen molar-refractivity contribution < 1.29 is 9.22 Å². The van der Waals surface area contributed by atoms with Gasteiger partial charge in [0.2, 0.25) is 0 Å². The van der Waals surface area contributed by atoms with Gasteiger partial charge in [-0.25, -0.2) is 9.97 Å². The number of likely N-dealkylation sites (N-methyl/N-ethyl adjacent to an activating group) is 1. The van der Waals surface area contributed by atoms with Crippen LogP contribution >= 0.6 is 11.3 Å². The Hall–Kier alpha value is -2.57. The first-order valence-corrected chi connectivity index (χ1v) is 10.4. The highest BCUT2D eigenvalue weighted by Gasteiger charge is 2.45. The zero-order valence-corrected chi connectivity index (χ0v) is 17.2. The second kappa shape index (κ2) is 6.50. The second-order valence-corrected chi connectivity index (χ2v) is 9.04. The van der Waals surface area contributed by atoms with Crippen molar-refractivity contribution in [2.45, 2.75) is 19.4 Å². The topological polar surface area (TPSA) is 47.9 Å². The van der Waals surface area contributed by atoms with Crippen LogP contribution in [0.4, 0.5) is 0 Å². The summed E-state index contributed by atoms with van der Waals surface area (Å²) >= 11 is 1.67. The molecular formula is C22H23N4OS+. The van der Waals surface area contributed by atoms with E-state index in [1.807, 2.05) is 31.3 Å². The third-order valence-electron chi connectivity index (χ3n) is 5.54. The van der Waals surface area contributed by atoms with Crippen molar-refractivity contribution in [1.82, 2.24) is 15.0 Å². The maximum atomic E-state index is 5.87. The summed E-state index contributed by atoms with van der Waals surface area (Å²) in [5, 5.41) is 0.976. The molecule has 5 heterocycles. The Morgan fingerprint density at radius 2 is 2.07 bits per heavy atom. The lowest BCUT2D eigenvalue weighted by atomic mass is 10.0. The molecule has 3 aromatic heterocycles. The summed E-state index contributed by atoms with van der Waals surface area (Å²) in [5.41, 5.74) is 5.30. The molecule has 3 aromatic rings. The first kappa shape index (κ1) is 17.5. The van der Waals surface area contributed by atoms with E-state index in [9.17, 15) is 0 Å². The molecule has 2 aliphatic heterocycles. The molecule has 5 nitrogen and oxygen atoms in total. The normalized spacial score (nSPS) is 21.2. The molecule has 1 fully saturated rings. The Balaban J connectivity index is 1.54. The Morgan fingerprint density at radius 3 is 2.82 bits per heavy atom. The molecule has 1 unspecified atom stereocenters. The van der Waals surface area contributed by atoms with Crippen molar-refractivity contribution in [3.63, 3.8) is 0 Å². The maximum absolute atomic E-state index is 5.87. The molecule has 0 aromatic carbocycles. The van der Waals surface area contributed by atoms with Gasteiger partial charge in [-0.1, -0.05) is 0 Å². The van der Waals surface area contributed by atoms with E-state index < -0.39 is 0 Å². The fraction of sp³-hybridized carbons (Fsp3) is 0.318. The van der Waals surface area contributed by atoms with Crippen LogP contribution in [0, 0.1) is 6.92 Å². The number of aryl methyl sites for hydroxylation is 1. The molecule has 1 saturated heterocycles. The lowest BCUT2D eigenvalue weighted by molar-refractivity contribution is -0.764. The number of rotatable bonds is 3. The van der Waals surface area contributed by atoms with Gasteiger partial charge in [-0.3, -0.25) is 4.98 Å². The lowest BCUT2D eigenvalue weighted by Crippen LogP contribution is -2.16. The van der Waals surface area contributed by atoms with Gasteiger partial charge in [0, 0.05) is 24.4 Å². The molecule has 0 saturated carbocycles. The number of fused-ring (bicyclic) bond motifs is 1. The van der Waals surface area contributed by atoms with Gasteiger partial charge in [-0.2, -0.15) is 0 Å². The molecule has 142 valence electrons. The zero-order chi connectivity index (χ0) is 19.3. The SMILES string of the molecule is Cc1nc(-c2cccnc2)sc1-c1ccc2c(n1)C(=CC1C[N+]1(C)C)CCO2. The zero-order valence-electron chi connectivity index (χ0n) is 16.3. The molecule has 0 amide bonds. The minimum atomic E-state index is 0.591. The quantitative estimate of drug-likeness (QED) is 0.496. The monoisotopic (exact) mass is 391 g/mol. The first-order chi connectivity index (χ1) is 13.5. The van der Waals surface area contributed by atoms with E-state index in [4.69, 9.17) is 14.7 Å². The van der Waals surface area contributed by atoms with Crippen molar-refractivity contribution in [2.75, 3.05) is 27.2 Å². The minimum absolute atomic E-state index is 0.591. The van der Waals surface area contributed by atoms with E-state index in [2.05, 4.69) is 31.2 Å². The summed E-state index contributed by atoms with van der Waals surface area (Å²) < 4.78 is 6.93. The van der Waals surface area contributed by atoms with Crippen LogP contribution in [-0.4, -0.2) is 52.7 Å². The highest BCUT2D eigenvalue weighted by molar-refractivity contribution is 7.18. The molecule has 1 atom stereocenters. The van der Waals surface area contributed by atoms with Crippen molar-refractivity contribution in [3.8, 4) is 26.9 Å². The lowest BCUT2D eigenvalue weighted by Gasteiger charge is -2.20. The number of ether oxygens (including phenoxy) is 1. The predicted octanol–water partition coefficient (Wildman–Crippen LogP) is 4.20. The van der Waals surface area contributed by atoms with Crippen LogP contribution in [0.3, 0.4) is 0 Å². The summed E-state index contributed by atoms with van der Waals surface area (Å²) in [7, 11) is 4.54. The van der Waals surface area contributed by atoms with Crippen molar-refractivity contribution >= 4 is 16.9 Å².